The summed E-state index contributed by atoms with van der Waals surface area (Å²) in [5.74, 6) is -0.504. The van der Waals surface area contributed by atoms with Crippen molar-refractivity contribution in [2.75, 3.05) is 26.7 Å². The van der Waals surface area contributed by atoms with Crippen LogP contribution in [-0.4, -0.2) is 51.5 Å². The maximum Gasteiger partial charge on any atom is 0.348 e. The summed E-state index contributed by atoms with van der Waals surface area (Å²) in [7, 11) is -2.29. The van der Waals surface area contributed by atoms with E-state index in [4.69, 9.17) is 0 Å². The molecule has 1 aliphatic rings. The smallest absolute Gasteiger partial charge is 0.348 e. The van der Waals surface area contributed by atoms with Gasteiger partial charge in [0.05, 0.1) is 12.0 Å². The summed E-state index contributed by atoms with van der Waals surface area (Å²) < 4.78 is 32.0. The molecular formula is C14H23ClN2O4S2. The number of rotatable bonds is 6. The molecule has 0 atom stereocenters. The molecule has 9 heteroatoms. The van der Waals surface area contributed by atoms with Crippen molar-refractivity contribution in [2.45, 2.75) is 37.1 Å². The number of nitrogens with zero attached hydrogens (tertiary/aromatic N) is 1. The van der Waals surface area contributed by atoms with Gasteiger partial charge in [-0.05, 0) is 38.4 Å². The van der Waals surface area contributed by atoms with E-state index in [2.05, 4.69) is 10.1 Å². The number of ether oxygens (including phenoxy) is 1. The SMILES string of the molecule is CCCN(C1CCNCC1)S(=O)(=O)c1csc(C(=O)OC)c1.Cl. The molecule has 132 valence electrons. The summed E-state index contributed by atoms with van der Waals surface area (Å²) in [6, 6.07) is 1.43. The lowest BCUT2D eigenvalue weighted by Crippen LogP contribution is -2.46. The zero-order chi connectivity index (χ0) is 16.2. The van der Waals surface area contributed by atoms with Crippen LogP contribution in [0.4, 0.5) is 0 Å². The predicted molar refractivity (Wildman–Crippen MR) is 93.0 cm³/mol. The van der Waals surface area contributed by atoms with Crippen molar-refractivity contribution in [3.8, 4) is 0 Å². The number of methoxy groups -OCH3 is 1. The fraction of sp³-hybridized carbons (Fsp3) is 0.643. The highest BCUT2D eigenvalue weighted by Gasteiger charge is 2.32. The maximum absolute atomic E-state index is 12.9. The molecule has 1 fully saturated rings. The third-order valence-electron chi connectivity index (χ3n) is 3.73. The Bertz CT molecular complexity index is 612. The van der Waals surface area contributed by atoms with Gasteiger partial charge >= 0.3 is 5.97 Å². The number of piperidine rings is 1. The van der Waals surface area contributed by atoms with Crippen LogP contribution in [0, 0.1) is 0 Å². The van der Waals surface area contributed by atoms with Crippen LogP contribution in [0.3, 0.4) is 0 Å². The molecule has 0 aliphatic carbocycles. The van der Waals surface area contributed by atoms with Gasteiger partial charge in [-0.3, -0.25) is 0 Å². The van der Waals surface area contributed by atoms with Gasteiger partial charge in [-0.15, -0.1) is 23.7 Å². The van der Waals surface area contributed by atoms with Gasteiger partial charge in [0.15, 0.2) is 0 Å². The van der Waals surface area contributed by atoms with E-state index >= 15 is 0 Å². The number of carbonyl (C=O) groups excluding carboxylic acids is 1. The molecule has 2 heterocycles. The number of sulfonamides is 1. The van der Waals surface area contributed by atoms with Gasteiger partial charge in [0, 0.05) is 18.0 Å². The summed E-state index contributed by atoms with van der Waals surface area (Å²) in [4.78, 5) is 12.0. The van der Waals surface area contributed by atoms with E-state index in [0.29, 0.717) is 11.4 Å². The molecule has 1 N–H and O–H groups in total. The lowest BCUT2D eigenvalue weighted by Gasteiger charge is -2.33. The summed E-state index contributed by atoms with van der Waals surface area (Å²) >= 11 is 1.10. The quantitative estimate of drug-likeness (QED) is 0.762. The Hall–Kier alpha value is -0.670. The molecular weight excluding hydrogens is 360 g/mol. The zero-order valence-electron chi connectivity index (χ0n) is 13.3. The summed E-state index contributed by atoms with van der Waals surface area (Å²) in [6.07, 6.45) is 2.39. The summed E-state index contributed by atoms with van der Waals surface area (Å²) in [5.41, 5.74) is 0. The largest absolute Gasteiger partial charge is 0.465 e. The number of hydrogen-bond acceptors (Lipinski definition) is 6. The number of halogens is 1. The molecule has 0 unspecified atom stereocenters. The average molecular weight is 383 g/mol. The van der Waals surface area contributed by atoms with E-state index < -0.39 is 16.0 Å². The molecule has 0 bridgehead atoms. The standard InChI is InChI=1S/C14H22N2O4S2.ClH/c1-3-8-16(11-4-6-15-7-5-11)22(18,19)12-9-13(21-10-12)14(17)20-2;/h9-11,15H,3-8H2,1-2H3;1H. The van der Waals surface area contributed by atoms with Crippen LogP contribution in [-0.2, 0) is 14.8 Å². The van der Waals surface area contributed by atoms with Gasteiger partial charge in [-0.1, -0.05) is 6.92 Å². The molecule has 1 aliphatic heterocycles. The average Bonchev–Trinajstić information content (AvgIpc) is 3.03. The third kappa shape index (κ3) is 4.67. The molecule has 2 rings (SSSR count). The maximum atomic E-state index is 12.9. The molecule has 1 aromatic heterocycles. The van der Waals surface area contributed by atoms with Crippen molar-refractivity contribution < 1.29 is 17.9 Å². The minimum atomic E-state index is -3.58. The molecule has 0 amide bonds. The van der Waals surface area contributed by atoms with E-state index in [1.807, 2.05) is 6.92 Å². The van der Waals surface area contributed by atoms with Crippen molar-refractivity contribution in [2.24, 2.45) is 0 Å². The lowest BCUT2D eigenvalue weighted by molar-refractivity contribution is 0.0606. The van der Waals surface area contributed by atoms with Crippen LogP contribution < -0.4 is 5.32 Å². The van der Waals surface area contributed by atoms with Gasteiger partial charge in [-0.2, -0.15) is 4.31 Å². The van der Waals surface area contributed by atoms with Crippen LogP contribution in [0.1, 0.15) is 35.9 Å². The highest BCUT2D eigenvalue weighted by atomic mass is 35.5. The highest BCUT2D eigenvalue weighted by molar-refractivity contribution is 7.89. The monoisotopic (exact) mass is 382 g/mol. The molecule has 6 nitrogen and oxygen atoms in total. The molecule has 23 heavy (non-hydrogen) atoms. The second-order valence-electron chi connectivity index (χ2n) is 5.24. The number of thiophene rings is 1. The van der Waals surface area contributed by atoms with Gasteiger partial charge in [-0.25, -0.2) is 13.2 Å². The third-order valence-corrected chi connectivity index (χ3v) is 6.72. The zero-order valence-corrected chi connectivity index (χ0v) is 15.7. The first kappa shape index (κ1) is 20.4. The molecule has 0 saturated carbocycles. The van der Waals surface area contributed by atoms with Crippen molar-refractivity contribution in [3.63, 3.8) is 0 Å². The topological polar surface area (TPSA) is 75.7 Å². The van der Waals surface area contributed by atoms with E-state index in [-0.39, 0.29) is 23.3 Å². The Morgan fingerprint density at radius 2 is 2.09 bits per heavy atom. The number of hydrogen-bond donors (Lipinski definition) is 1. The minimum Gasteiger partial charge on any atom is -0.465 e. The van der Waals surface area contributed by atoms with Gasteiger partial charge < -0.3 is 10.1 Å². The summed E-state index contributed by atoms with van der Waals surface area (Å²) in [6.45, 7) is 4.13. The lowest BCUT2D eigenvalue weighted by atomic mass is 10.1. The first-order valence-corrected chi connectivity index (χ1v) is 9.72. The Morgan fingerprint density at radius 1 is 1.43 bits per heavy atom. The Kier molecular flexibility index (Phi) is 7.96. The van der Waals surface area contributed by atoms with Gasteiger partial charge in [0.2, 0.25) is 10.0 Å². The van der Waals surface area contributed by atoms with Crippen molar-refractivity contribution in [1.82, 2.24) is 9.62 Å². The predicted octanol–water partition coefficient (Wildman–Crippen LogP) is 2.11. The number of esters is 1. The molecule has 0 radical (unpaired) electrons. The second-order valence-corrected chi connectivity index (χ2v) is 8.04. The van der Waals surface area contributed by atoms with E-state index in [0.717, 1.165) is 43.7 Å². The first-order valence-electron chi connectivity index (χ1n) is 7.40. The van der Waals surface area contributed by atoms with Crippen molar-refractivity contribution in [1.29, 1.82) is 0 Å². The Balaban J connectivity index is 0.00000264. The Labute approximate surface area is 147 Å². The number of carbonyl (C=O) groups is 1. The fourth-order valence-electron chi connectivity index (χ4n) is 2.61. The molecule has 1 aromatic rings. The van der Waals surface area contributed by atoms with E-state index in [1.54, 1.807) is 4.31 Å². The molecule has 0 aromatic carbocycles. The van der Waals surface area contributed by atoms with E-state index in [1.165, 1.54) is 18.6 Å². The fourth-order valence-corrected chi connectivity index (χ4v) is 5.57. The minimum absolute atomic E-state index is 0. The van der Waals surface area contributed by atoms with Crippen molar-refractivity contribution >= 4 is 39.7 Å². The second kappa shape index (κ2) is 8.98. The van der Waals surface area contributed by atoms with Crippen LogP contribution in [0.5, 0.6) is 0 Å². The van der Waals surface area contributed by atoms with E-state index in [9.17, 15) is 13.2 Å². The van der Waals surface area contributed by atoms with Crippen LogP contribution >= 0.6 is 23.7 Å². The van der Waals surface area contributed by atoms with Gasteiger partial charge in [0.25, 0.3) is 0 Å². The highest BCUT2D eigenvalue weighted by Crippen LogP contribution is 2.27. The molecule has 0 spiro atoms. The normalized spacial score (nSPS) is 16.1. The van der Waals surface area contributed by atoms with Crippen LogP contribution in [0.2, 0.25) is 0 Å². The summed E-state index contributed by atoms with van der Waals surface area (Å²) in [5, 5.41) is 4.77. The van der Waals surface area contributed by atoms with Gasteiger partial charge in [0.1, 0.15) is 4.88 Å². The van der Waals surface area contributed by atoms with Crippen LogP contribution in [0.25, 0.3) is 0 Å². The number of nitrogens with one attached hydrogen (secondary N) is 1. The van der Waals surface area contributed by atoms with Crippen LogP contribution in [0.15, 0.2) is 16.3 Å². The molecule has 1 saturated heterocycles. The van der Waals surface area contributed by atoms with Crippen molar-refractivity contribution in [3.05, 3.63) is 16.3 Å². The Morgan fingerprint density at radius 3 is 2.65 bits per heavy atom. The first-order chi connectivity index (χ1) is 10.5.